The van der Waals surface area contributed by atoms with Crippen molar-refractivity contribution in [3.8, 4) is 0 Å². The van der Waals surface area contributed by atoms with Gasteiger partial charge in [0.2, 0.25) is 5.91 Å². The Morgan fingerprint density at radius 3 is 2.56 bits per heavy atom. The molecule has 0 spiro atoms. The summed E-state index contributed by atoms with van der Waals surface area (Å²) in [7, 11) is 1.82. The van der Waals surface area contributed by atoms with Gasteiger partial charge in [-0.05, 0) is 79.0 Å². The number of halogens is 1. The van der Waals surface area contributed by atoms with Crippen LogP contribution in [0.1, 0.15) is 45.8 Å². The number of nitrogens with zero attached hydrogens (tertiary/aromatic N) is 3. The maximum absolute atomic E-state index is 12.5. The molecular weight excluding hydrogens is 490 g/mol. The lowest BCUT2D eigenvalue weighted by Crippen LogP contribution is -2.28. The fraction of sp³-hybridized carbons (Fsp3) is 0.304. The highest BCUT2D eigenvalue weighted by atomic mass is 79.9. The van der Waals surface area contributed by atoms with Crippen molar-refractivity contribution in [2.75, 3.05) is 11.1 Å². The van der Waals surface area contributed by atoms with Crippen molar-refractivity contribution in [1.82, 2.24) is 20.1 Å². The normalized spacial score (nSPS) is 11.8. The van der Waals surface area contributed by atoms with E-state index in [4.69, 9.17) is 0 Å². The molecule has 9 heteroatoms. The zero-order valence-electron chi connectivity index (χ0n) is 18.7. The van der Waals surface area contributed by atoms with Crippen molar-refractivity contribution in [1.29, 1.82) is 0 Å². The van der Waals surface area contributed by atoms with Crippen molar-refractivity contribution >= 4 is 45.2 Å². The average molecular weight is 516 g/mol. The van der Waals surface area contributed by atoms with Gasteiger partial charge >= 0.3 is 0 Å². The van der Waals surface area contributed by atoms with Gasteiger partial charge in [0.05, 0.1) is 17.5 Å². The fourth-order valence-corrected chi connectivity index (χ4v) is 4.43. The summed E-state index contributed by atoms with van der Waals surface area (Å²) < 4.78 is 2.64. The number of amides is 2. The number of thioether (sulfide) groups is 1. The Morgan fingerprint density at radius 1 is 1.12 bits per heavy atom. The number of rotatable bonds is 7. The van der Waals surface area contributed by atoms with Gasteiger partial charge < -0.3 is 15.2 Å². The van der Waals surface area contributed by atoms with Gasteiger partial charge in [0.25, 0.3) is 5.91 Å². The topological polar surface area (TPSA) is 88.9 Å². The Hall–Kier alpha value is -2.65. The van der Waals surface area contributed by atoms with Crippen LogP contribution in [-0.2, 0) is 11.8 Å². The van der Waals surface area contributed by atoms with Crippen molar-refractivity contribution in [2.24, 2.45) is 7.05 Å². The van der Waals surface area contributed by atoms with Crippen LogP contribution >= 0.6 is 27.7 Å². The second-order valence-corrected chi connectivity index (χ2v) is 9.51. The van der Waals surface area contributed by atoms with Crippen LogP contribution in [0.2, 0.25) is 0 Å². The first kappa shape index (κ1) is 24.0. The Balaban J connectivity index is 1.60. The van der Waals surface area contributed by atoms with Crippen molar-refractivity contribution < 1.29 is 9.59 Å². The first-order chi connectivity index (χ1) is 15.2. The third-order valence-corrected chi connectivity index (χ3v) is 6.75. The smallest absolute Gasteiger partial charge is 0.251 e. The molecule has 3 rings (SSSR count). The predicted octanol–water partition coefficient (Wildman–Crippen LogP) is 4.72. The Labute approximate surface area is 200 Å². The van der Waals surface area contributed by atoms with Crippen LogP contribution in [0.25, 0.3) is 0 Å². The minimum Gasteiger partial charge on any atom is -0.342 e. The van der Waals surface area contributed by atoms with E-state index < -0.39 is 0 Å². The van der Waals surface area contributed by atoms with Crippen LogP contribution in [0.4, 0.5) is 5.69 Å². The lowest BCUT2D eigenvalue weighted by atomic mass is 10.1. The molecule has 1 aromatic heterocycles. The second-order valence-electron chi connectivity index (χ2n) is 7.72. The SMILES string of the molecule is Cc1cccc(C(=O)N[C@H](C)c2nnc(SCC(=O)Nc3cc(C)c(C)cc3Br)n2C)c1. The zero-order valence-corrected chi connectivity index (χ0v) is 21.1. The van der Waals surface area contributed by atoms with E-state index in [0.29, 0.717) is 16.5 Å². The summed E-state index contributed by atoms with van der Waals surface area (Å²) in [6, 6.07) is 11.0. The molecule has 0 saturated carbocycles. The van der Waals surface area contributed by atoms with E-state index in [0.717, 1.165) is 26.9 Å². The summed E-state index contributed by atoms with van der Waals surface area (Å²) in [5, 5.41) is 14.9. The first-order valence-corrected chi connectivity index (χ1v) is 11.9. The minimum atomic E-state index is -0.338. The first-order valence-electron chi connectivity index (χ1n) is 10.1. The van der Waals surface area contributed by atoms with E-state index in [1.807, 2.05) is 65.1 Å². The summed E-state index contributed by atoms with van der Waals surface area (Å²) >= 11 is 4.79. The molecule has 0 aliphatic heterocycles. The van der Waals surface area contributed by atoms with Gasteiger partial charge in [0.15, 0.2) is 11.0 Å². The maximum atomic E-state index is 12.5. The van der Waals surface area contributed by atoms with Crippen LogP contribution in [0, 0.1) is 20.8 Å². The van der Waals surface area contributed by atoms with Gasteiger partial charge in [-0.15, -0.1) is 10.2 Å². The Kier molecular flexibility index (Phi) is 7.73. The van der Waals surface area contributed by atoms with Crippen molar-refractivity contribution in [2.45, 2.75) is 38.9 Å². The van der Waals surface area contributed by atoms with Gasteiger partial charge in [-0.25, -0.2) is 0 Å². The average Bonchev–Trinajstić information content (AvgIpc) is 3.11. The van der Waals surface area contributed by atoms with Gasteiger partial charge in [0.1, 0.15) is 0 Å². The highest BCUT2D eigenvalue weighted by Crippen LogP contribution is 2.27. The number of hydrogen-bond donors (Lipinski definition) is 2. The summed E-state index contributed by atoms with van der Waals surface area (Å²) in [5.41, 5.74) is 4.62. The molecule has 2 aromatic carbocycles. The van der Waals surface area contributed by atoms with Gasteiger partial charge in [-0.2, -0.15) is 0 Å². The molecule has 0 bridgehead atoms. The third kappa shape index (κ3) is 5.77. The fourth-order valence-electron chi connectivity index (χ4n) is 3.15. The highest BCUT2D eigenvalue weighted by Gasteiger charge is 2.19. The molecule has 0 aliphatic carbocycles. The van der Waals surface area contributed by atoms with Gasteiger partial charge in [-0.1, -0.05) is 29.5 Å². The number of hydrogen-bond acceptors (Lipinski definition) is 5. The molecule has 0 aliphatic rings. The summed E-state index contributed by atoms with van der Waals surface area (Å²) in [6.45, 7) is 7.83. The number of nitrogens with one attached hydrogen (secondary N) is 2. The van der Waals surface area contributed by atoms with Crippen molar-refractivity contribution in [3.05, 3.63) is 68.9 Å². The zero-order chi connectivity index (χ0) is 23.4. The van der Waals surface area contributed by atoms with Crippen molar-refractivity contribution in [3.63, 3.8) is 0 Å². The molecule has 0 unspecified atom stereocenters. The quantitative estimate of drug-likeness (QED) is 0.444. The number of anilines is 1. The summed E-state index contributed by atoms with van der Waals surface area (Å²) in [4.78, 5) is 25.0. The lowest BCUT2D eigenvalue weighted by Gasteiger charge is -2.14. The van der Waals surface area contributed by atoms with E-state index in [2.05, 4.69) is 36.8 Å². The molecule has 0 radical (unpaired) electrons. The van der Waals surface area contributed by atoms with E-state index >= 15 is 0 Å². The molecule has 2 N–H and O–H groups in total. The Bertz CT molecular complexity index is 1160. The lowest BCUT2D eigenvalue weighted by molar-refractivity contribution is -0.113. The molecule has 3 aromatic rings. The molecule has 32 heavy (non-hydrogen) atoms. The third-order valence-electron chi connectivity index (χ3n) is 5.07. The van der Waals surface area contributed by atoms with E-state index in [9.17, 15) is 9.59 Å². The van der Waals surface area contributed by atoms with Crippen LogP contribution in [0.3, 0.4) is 0 Å². The maximum Gasteiger partial charge on any atom is 0.251 e. The highest BCUT2D eigenvalue weighted by molar-refractivity contribution is 9.10. The van der Waals surface area contributed by atoms with E-state index in [-0.39, 0.29) is 23.6 Å². The van der Waals surface area contributed by atoms with Gasteiger partial charge in [-0.3, -0.25) is 9.59 Å². The van der Waals surface area contributed by atoms with Crippen LogP contribution < -0.4 is 10.6 Å². The molecule has 0 saturated heterocycles. The number of aromatic nitrogens is 3. The number of carbonyl (C=O) groups is 2. The molecule has 2 amide bonds. The van der Waals surface area contributed by atoms with Gasteiger partial charge in [0, 0.05) is 17.1 Å². The monoisotopic (exact) mass is 515 g/mol. The second kappa shape index (κ2) is 10.3. The predicted molar refractivity (Wildman–Crippen MR) is 131 cm³/mol. The number of aryl methyl sites for hydroxylation is 3. The van der Waals surface area contributed by atoms with Crippen LogP contribution in [-0.4, -0.2) is 32.3 Å². The molecule has 1 atom stereocenters. The van der Waals surface area contributed by atoms with E-state index in [1.165, 1.54) is 11.8 Å². The largest absolute Gasteiger partial charge is 0.342 e. The standard InChI is InChI=1S/C23H26BrN5O2S/c1-13-7-6-8-17(9-13)22(31)25-16(4)21-27-28-23(29(21)5)32-12-20(30)26-19-11-15(3)14(2)10-18(19)24/h6-11,16H,12H2,1-5H3,(H,25,31)(H,26,30)/t16-/m1/s1. The molecule has 0 fully saturated rings. The van der Waals surface area contributed by atoms with Crippen LogP contribution in [0.15, 0.2) is 46.0 Å². The number of carbonyl (C=O) groups excluding carboxylic acids is 2. The molecule has 7 nitrogen and oxygen atoms in total. The Morgan fingerprint density at radius 2 is 1.84 bits per heavy atom. The molecule has 1 heterocycles. The summed E-state index contributed by atoms with van der Waals surface area (Å²) in [6.07, 6.45) is 0. The van der Waals surface area contributed by atoms with Crippen LogP contribution in [0.5, 0.6) is 0 Å². The minimum absolute atomic E-state index is 0.135. The molecule has 168 valence electrons. The summed E-state index contributed by atoms with van der Waals surface area (Å²) in [5.74, 6) is 0.502. The molecular formula is C23H26BrN5O2S. The number of benzene rings is 2. The van der Waals surface area contributed by atoms with E-state index in [1.54, 1.807) is 10.6 Å².